The lowest BCUT2D eigenvalue weighted by Crippen LogP contribution is -2.00. The molecule has 0 aliphatic heterocycles. The SMILES string of the molecule is C=Cc1ccc(Cn2cnc(CC)n2)cc1. The van der Waals surface area contributed by atoms with Gasteiger partial charge in [-0.25, -0.2) is 9.67 Å². The van der Waals surface area contributed by atoms with Gasteiger partial charge in [0.15, 0.2) is 0 Å². The lowest BCUT2D eigenvalue weighted by molar-refractivity contribution is 0.673. The van der Waals surface area contributed by atoms with Crippen molar-refractivity contribution in [2.45, 2.75) is 19.9 Å². The Morgan fingerprint density at radius 1 is 1.31 bits per heavy atom. The fraction of sp³-hybridized carbons (Fsp3) is 0.231. The standard InChI is InChI=1S/C13H15N3/c1-3-11-5-7-12(8-6-11)9-16-10-14-13(4-2)15-16/h3,5-8,10H,1,4,9H2,2H3. The second-order valence-electron chi connectivity index (χ2n) is 3.66. The highest BCUT2D eigenvalue weighted by Gasteiger charge is 1.99. The summed E-state index contributed by atoms with van der Waals surface area (Å²) in [7, 11) is 0. The molecule has 0 radical (unpaired) electrons. The average molecular weight is 213 g/mol. The van der Waals surface area contributed by atoms with Gasteiger partial charge in [0.2, 0.25) is 0 Å². The highest BCUT2D eigenvalue weighted by molar-refractivity contribution is 5.47. The monoisotopic (exact) mass is 213 g/mol. The molecular formula is C13H15N3. The molecule has 82 valence electrons. The van der Waals surface area contributed by atoms with Crippen LogP contribution < -0.4 is 0 Å². The van der Waals surface area contributed by atoms with Crippen LogP contribution in [-0.2, 0) is 13.0 Å². The molecule has 3 heteroatoms. The molecule has 0 saturated heterocycles. The van der Waals surface area contributed by atoms with Gasteiger partial charge in [0.1, 0.15) is 12.2 Å². The van der Waals surface area contributed by atoms with Crippen LogP contribution in [0, 0.1) is 0 Å². The second-order valence-corrected chi connectivity index (χ2v) is 3.66. The van der Waals surface area contributed by atoms with E-state index in [-0.39, 0.29) is 0 Å². The average Bonchev–Trinajstić information content (AvgIpc) is 2.78. The Morgan fingerprint density at radius 2 is 2.06 bits per heavy atom. The van der Waals surface area contributed by atoms with Gasteiger partial charge >= 0.3 is 0 Å². The van der Waals surface area contributed by atoms with Crippen molar-refractivity contribution in [1.82, 2.24) is 14.8 Å². The lowest BCUT2D eigenvalue weighted by Gasteiger charge is -2.01. The summed E-state index contributed by atoms with van der Waals surface area (Å²) in [5.41, 5.74) is 2.36. The van der Waals surface area contributed by atoms with Gasteiger partial charge in [-0.15, -0.1) is 0 Å². The van der Waals surface area contributed by atoms with Crippen LogP contribution in [0.1, 0.15) is 23.9 Å². The summed E-state index contributed by atoms with van der Waals surface area (Å²) in [6.07, 6.45) is 4.50. The fourth-order valence-electron chi connectivity index (χ4n) is 1.52. The first-order valence-corrected chi connectivity index (χ1v) is 5.41. The normalized spacial score (nSPS) is 10.3. The Balaban J connectivity index is 2.10. The van der Waals surface area contributed by atoms with E-state index in [0.717, 1.165) is 24.4 Å². The Bertz CT molecular complexity index is 468. The van der Waals surface area contributed by atoms with Crippen LogP contribution in [-0.4, -0.2) is 14.8 Å². The third-order valence-corrected chi connectivity index (χ3v) is 2.46. The Morgan fingerprint density at radius 3 is 2.62 bits per heavy atom. The maximum absolute atomic E-state index is 4.35. The van der Waals surface area contributed by atoms with Gasteiger partial charge in [-0.2, -0.15) is 5.10 Å². The van der Waals surface area contributed by atoms with Crippen LogP contribution in [0.2, 0.25) is 0 Å². The molecule has 16 heavy (non-hydrogen) atoms. The van der Waals surface area contributed by atoms with Crippen LogP contribution in [0.4, 0.5) is 0 Å². The minimum atomic E-state index is 0.768. The minimum absolute atomic E-state index is 0.768. The van der Waals surface area contributed by atoms with Crippen LogP contribution in [0.15, 0.2) is 37.2 Å². The number of rotatable bonds is 4. The number of benzene rings is 1. The lowest BCUT2D eigenvalue weighted by atomic mass is 10.1. The Labute approximate surface area is 95.5 Å². The van der Waals surface area contributed by atoms with E-state index in [2.05, 4.69) is 47.9 Å². The molecule has 0 aliphatic rings. The van der Waals surface area contributed by atoms with Crippen molar-refractivity contribution in [2.75, 3.05) is 0 Å². The second kappa shape index (κ2) is 4.75. The van der Waals surface area contributed by atoms with Crippen molar-refractivity contribution in [3.8, 4) is 0 Å². The predicted octanol–water partition coefficient (Wildman–Crippen LogP) is 2.53. The first kappa shape index (κ1) is 10.6. The molecule has 2 aromatic rings. The number of hydrogen-bond donors (Lipinski definition) is 0. The van der Waals surface area contributed by atoms with E-state index in [1.807, 2.05) is 10.8 Å². The highest BCUT2D eigenvalue weighted by Crippen LogP contribution is 2.06. The zero-order valence-electron chi connectivity index (χ0n) is 9.43. The molecule has 0 atom stereocenters. The molecule has 0 spiro atoms. The molecular weight excluding hydrogens is 198 g/mol. The molecule has 0 unspecified atom stereocenters. The molecule has 2 rings (SSSR count). The molecule has 0 aliphatic carbocycles. The van der Waals surface area contributed by atoms with Gasteiger partial charge in [-0.1, -0.05) is 43.8 Å². The minimum Gasteiger partial charge on any atom is -0.248 e. The summed E-state index contributed by atoms with van der Waals surface area (Å²) in [4.78, 5) is 4.20. The van der Waals surface area contributed by atoms with Crippen molar-refractivity contribution < 1.29 is 0 Å². The zero-order valence-corrected chi connectivity index (χ0v) is 9.43. The number of nitrogens with zero attached hydrogens (tertiary/aromatic N) is 3. The van der Waals surface area contributed by atoms with E-state index in [1.54, 1.807) is 6.33 Å². The van der Waals surface area contributed by atoms with Crippen molar-refractivity contribution >= 4 is 6.08 Å². The van der Waals surface area contributed by atoms with Gasteiger partial charge in [0, 0.05) is 6.42 Å². The molecule has 1 aromatic heterocycles. The molecule has 1 heterocycles. The molecule has 0 N–H and O–H groups in total. The van der Waals surface area contributed by atoms with Crippen LogP contribution in [0.5, 0.6) is 0 Å². The van der Waals surface area contributed by atoms with Crippen LogP contribution in [0.3, 0.4) is 0 Å². The van der Waals surface area contributed by atoms with Gasteiger partial charge in [-0.3, -0.25) is 0 Å². The van der Waals surface area contributed by atoms with Crippen LogP contribution in [0.25, 0.3) is 6.08 Å². The summed E-state index contributed by atoms with van der Waals surface area (Å²) in [5.74, 6) is 0.891. The Kier molecular flexibility index (Phi) is 3.15. The largest absolute Gasteiger partial charge is 0.248 e. The molecule has 0 amide bonds. The predicted molar refractivity (Wildman–Crippen MR) is 65.0 cm³/mol. The van der Waals surface area contributed by atoms with Crippen LogP contribution >= 0.6 is 0 Å². The Hall–Kier alpha value is -1.90. The number of hydrogen-bond acceptors (Lipinski definition) is 2. The number of aromatic nitrogens is 3. The van der Waals surface area contributed by atoms with E-state index < -0.39 is 0 Å². The molecule has 3 nitrogen and oxygen atoms in total. The summed E-state index contributed by atoms with van der Waals surface area (Å²) in [5, 5.41) is 4.35. The summed E-state index contributed by atoms with van der Waals surface area (Å²) >= 11 is 0. The van der Waals surface area contributed by atoms with E-state index in [4.69, 9.17) is 0 Å². The molecule has 0 fully saturated rings. The van der Waals surface area contributed by atoms with E-state index in [1.165, 1.54) is 5.56 Å². The maximum atomic E-state index is 4.35. The number of aryl methyl sites for hydroxylation is 1. The topological polar surface area (TPSA) is 30.7 Å². The molecule has 1 aromatic carbocycles. The summed E-state index contributed by atoms with van der Waals surface area (Å²) in [6.45, 7) is 6.55. The molecule has 0 bridgehead atoms. The van der Waals surface area contributed by atoms with Crippen molar-refractivity contribution in [3.05, 3.63) is 54.1 Å². The van der Waals surface area contributed by atoms with Crippen molar-refractivity contribution in [2.24, 2.45) is 0 Å². The first-order chi connectivity index (χ1) is 7.81. The van der Waals surface area contributed by atoms with E-state index in [9.17, 15) is 0 Å². The van der Waals surface area contributed by atoms with E-state index >= 15 is 0 Å². The zero-order chi connectivity index (χ0) is 11.4. The highest BCUT2D eigenvalue weighted by atomic mass is 15.3. The maximum Gasteiger partial charge on any atom is 0.150 e. The van der Waals surface area contributed by atoms with Gasteiger partial charge in [0.25, 0.3) is 0 Å². The van der Waals surface area contributed by atoms with Gasteiger partial charge in [-0.05, 0) is 11.1 Å². The van der Waals surface area contributed by atoms with Crippen molar-refractivity contribution in [3.63, 3.8) is 0 Å². The fourth-order valence-corrected chi connectivity index (χ4v) is 1.52. The summed E-state index contributed by atoms with van der Waals surface area (Å²) < 4.78 is 1.86. The third-order valence-electron chi connectivity index (χ3n) is 2.46. The summed E-state index contributed by atoms with van der Waals surface area (Å²) in [6, 6.07) is 8.29. The smallest absolute Gasteiger partial charge is 0.150 e. The first-order valence-electron chi connectivity index (χ1n) is 5.41. The molecule has 0 saturated carbocycles. The van der Waals surface area contributed by atoms with Gasteiger partial charge < -0.3 is 0 Å². The third kappa shape index (κ3) is 2.37. The van der Waals surface area contributed by atoms with Gasteiger partial charge in [0.05, 0.1) is 6.54 Å². The van der Waals surface area contributed by atoms with Crippen molar-refractivity contribution in [1.29, 1.82) is 0 Å². The quantitative estimate of drug-likeness (QED) is 0.781. The van der Waals surface area contributed by atoms with E-state index in [0.29, 0.717) is 0 Å².